The fourth-order valence-electron chi connectivity index (χ4n) is 3.22. The Balaban J connectivity index is 1.74. The Morgan fingerprint density at radius 3 is 2.54 bits per heavy atom. The van der Waals surface area contributed by atoms with Crippen molar-refractivity contribution in [3.63, 3.8) is 0 Å². The second-order valence-corrected chi connectivity index (χ2v) is 8.18. The molecule has 0 saturated carbocycles. The number of hydrogen-bond acceptors (Lipinski definition) is 2. The molecule has 1 aliphatic carbocycles. The highest BCUT2D eigenvalue weighted by Gasteiger charge is 2.19. The number of nitrogens with one attached hydrogen (secondary N) is 1. The number of halogens is 1. The molecular formula is C19H22FNO2S. The molecule has 2 aromatic rings. The van der Waals surface area contributed by atoms with Gasteiger partial charge in [-0.15, -0.1) is 0 Å². The van der Waals surface area contributed by atoms with Crippen LogP contribution in [0.4, 0.5) is 4.39 Å². The summed E-state index contributed by atoms with van der Waals surface area (Å²) >= 11 is 0. The SMILES string of the molecule is C[C@H](NS(=O)(=O)Cc1ccccc1F)c1ccc2c(c1)CCCC2. The molecule has 0 unspecified atom stereocenters. The molecule has 0 fully saturated rings. The Kier molecular flexibility index (Phi) is 5.01. The summed E-state index contributed by atoms with van der Waals surface area (Å²) in [6.45, 7) is 1.82. The lowest BCUT2D eigenvalue weighted by Gasteiger charge is -2.20. The van der Waals surface area contributed by atoms with Crippen LogP contribution in [-0.2, 0) is 28.6 Å². The molecule has 0 amide bonds. The Morgan fingerprint density at radius 2 is 1.79 bits per heavy atom. The highest BCUT2D eigenvalue weighted by molar-refractivity contribution is 7.88. The minimum Gasteiger partial charge on any atom is -0.212 e. The van der Waals surface area contributed by atoms with Crippen LogP contribution in [0.1, 0.15) is 48.1 Å². The molecule has 0 saturated heterocycles. The summed E-state index contributed by atoms with van der Waals surface area (Å²) in [6, 6.07) is 11.8. The highest BCUT2D eigenvalue weighted by atomic mass is 32.2. The minimum absolute atomic E-state index is 0.183. The first-order chi connectivity index (χ1) is 11.4. The molecule has 1 N–H and O–H groups in total. The summed E-state index contributed by atoms with van der Waals surface area (Å²) in [5.41, 5.74) is 3.82. The molecule has 3 rings (SSSR count). The van der Waals surface area contributed by atoms with Gasteiger partial charge in [-0.2, -0.15) is 0 Å². The van der Waals surface area contributed by atoms with Gasteiger partial charge in [-0.05, 0) is 55.4 Å². The third kappa shape index (κ3) is 4.02. The lowest BCUT2D eigenvalue weighted by atomic mass is 9.89. The molecule has 5 heteroatoms. The summed E-state index contributed by atoms with van der Waals surface area (Å²) in [7, 11) is -3.62. The summed E-state index contributed by atoms with van der Waals surface area (Å²) in [5, 5.41) is 0. The number of rotatable bonds is 5. The first-order valence-electron chi connectivity index (χ1n) is 8.30. The number of sulfonamides is 1. The summed E-state index contributed by atoms with van der Waals surface area (Å²) in [4.78, 5) is 0. The van der Waals surface area contributed by atoms with Crippen LogP contribution in [0.15, 0.2) is 42.5 Å². The molecule has 0 aromatic heterocycles. The molecule has 3 nitrogen and oxygen atoms in total. The van der Waals surface area contributed by atoms with Gasteiger partial charge >= 0.3 is 0 Å². The molecule has 2 aromatic carbocycles. The molecule has 0 heterocycles. The van der Waals surface area contributed by atoms with Crippen LogP contribution in [0, 0.1) is 5.82 Å². The molecule has 0 bridgehead atoms. The van der Waals surface area contributed by atoms with Gasteiger partial charge in [0.25, 0.3) is 0 Å². The number of fused-ring (bicyclic) bond motifs is 1. The molecule has 1 atom stereocenters. The van der Waals surface area contributed by atoms with Gasteiger partial charge in [-0.1, -0.05) is 36.4 Å². The fraction of sp³-hybridized carbons (Fsp3) is 0.368. The van der Waals surface area contributed by atoms with Crippen molar-refractivity contribution >= 4 is 10.0 Å². The molecule has 24 heavy (non-hydrogen) atoms. The monoisotopic (exact) mass is 347 g/mol. The maximum Gasteiger partial charge on any atom is 0.216 e. The number of aryl methyl sites for hydroxylation is 2. The maximum atomic E-state index is 13.7. The molecule has 0 spiro atoms. The first-order valence-corrected chi connectivity index (χ1v) is 9.95. The Labute approximate surface area is 143 Å². The van der Waals surface area contributed by atoms with Crippen LogP contribution in [0.2, 0.25) is 0 Å². The van der Waals surface area contributed by atoms with Crippen molar-refractivity contribution in [3.8, 4) is 0 Å². The van der Waals surface area contributed by atoms with Gasteiger partial charge in [-0.3, -0.25) is 0 Å². The standard InChI is InChI=1S/C19H22FNO2S/c1-14(16-11-10-15-6-2-3-7-17(15)12-16)21-24(22,23)13-18-8-4-5-9-19(18)20/h4-5,8-12,14,21H,2-3,6-7,13H2,1H3/t14-/m0/s1. The highest BCUT2D eigenvalue weighted by Crippen LogP contribution is 2.25. The van der Waals surface area contributed by atoms with Crippen molar-refractivity contribution in [1.82, 2.24) is 4.72 Å². The smallest absolute Gasteiger partial charge is 0.212 e. The van der Waals surface area contributed by atoms with E-state index in [-0.39, 0.29) is 17.4 Å². The van der Waals surface area contributed by atoms with Gasteiger partial charge in [0.15, 0.2) is 0 Å². The van der Waals surface area contributed by atoms with Gasteiger partial charge in [0.2, 0.25) is 10.0 Å². The van der Waals surface area contributed by atoms with E-state index in [2.05, 4.69) is 16.9 Å². The number of benzene rings is 2. The molecule has 1 aliphatic rings. The van der Waals surface area contributed by atoms with E-state index < -0.39 is 15.8 Å². The molecule has 0 aliphatic heterocycles. The van der Waals surface area contributed by atoms with Crippen LogP contribution in [0.3, 0.4) is 0 Å². The van der Waals surface area contributed by atoms with Crippen molar-refractivity contribution in [3.05, 3.63) is 70.5 Å². The lowest BCUT2D eigenvalue weighted by Crippen LogP contribution is -2.28. The van der Waals surface area contributed by atoms with Crippen molar-refractivity contribution in [2.75, 3.05) is 0 Å². The van der Waals surface area contributed by atoms with E-state index in [1.54, 1.807) is 12.1 Å². The lowest BCUT2D eigenvalue weighted by molar-refractivity contribution is 0.561. The van der Waals surface area contributed by atoms with Gasteiger partial charge in [-0.25, -0.2) is 17.5 Å². The van der Waals surface area contributed by atoms with Crippen LogP contribution in [0.5, 0.6) is 0 Å². The largest absolute Gasteiger partial charge is 0.216 e. The van der Waals surface area contributed by atoms with Gasteiger partial charge in [0, 0.05) is 11.6 Å². The number of hydrogen-bond donors (Lipinski definition) is 1. The van der Waals surface area contributed by atoms with Gasteiger partial charge in [0.1, 0.15) is 5.82 Å². The van der Waals surface area contributed by atoms with Crippen molar-refractivity contribution in [2.45, 2.75) is 44.4 Å². The summed E-state index contributed by atoms with van der Waals surface area (Å²) in [5.74, 6) is -0.848. The Morgan fingerprint density at radius 1 is 1.08 bits per heavy atom. The van der Waals surface area contributed by atoms with E-state index in [0.29, 0.717) is 0 Å². The fourth-order valence-corrected chi connectivity index (χ4v) is 4.62. The van der Waals surface area contributed by atoms with E-state index >= 15 is 0 Å². The molecule has 0 radical (unpaired) electrons. The normalized spacial score (nSPS) is 15.8. The summed E-state index contributed by atoms with van der Waals surface area (Å²) < 4.78 is 41.0. The van der Waals surface area contributed by atoms with E-state index in [9.17, 15) is 12.8 Å². The second kappa shape index (κ2) is 7.03. The average Bonchev–Trinajstić information content (AvgIpc) is 2.56. The Bertz CT molecular complexity index is 833. The van der Waals surface area contributed by atoms with Crippen molar-refractivity contribution in [1.29, 1.82) is 0 Å². The van der Waals surface area contributed by atoms with E-state index in [1.165, 1.54) is 36.1 Å². The minimum atomic E-state index is -3.62. The molecular weight excluding hydrogens is 325 g/mol. The van der Waals surface area contributed by atoms with Crippen LogP contribution in [-0.4, -0.2) is 8.42 Å². The zero-order chi connectivity index (χ0) is 17.2. The summed E-state index contributed by atoms with van der Waals surface area (Å²) in [6.07, 6.45) is 4.56. The van der Waals surface area contributed by atoms with Crippen molar-refractivity contribution in [2.24, 2.45) is 0 Å². The van der Waals surface area contributed by atoms with E-state index in [4.69, 9.17) is 0 Å². The second-order valence-electron chi connectivity index (χ2n) is 6.43. The topological polar surface area (TPSA) is 46.2 Å². The Hall–Kier alpha value is -1.72. The van der Waals surface area contributed by atoms with Crippen LogP contribution in [0.25, 0.3) is 0 Å². The predicted molar refractivity (Wildman–Crippen MR) is 93.7 cm³/mol. The van der Waals surface area contributed by atoms with Gasteiger partial charge < -0.3 is 0 Å². The quantitative estimate of drug-likeness (QED) is 0.892. The maximum absolute atomic E-state index is 13.7. The zero-order valence-electron chi connectivity index (χ0n) is 13.8. The van der Waals surface area contributed by atoms with Gasteiger partial charge in [0.05, 0.1) is 5.75 Å². The van der Waals surface area contributed by atoms with Crippen LogP contribution < -0.4 is 4.72 Å². The third-order valence-corrected chi connectivity index (χ3v) is 5.94. The zero-order valence-corrected chi connectivity index (χ0v) is 14.6. The van der Waals surface area contributed by atoms with E-state index in [1.807, 2.05) is 13.0 Å². The molecule has 128 valence electrons. The predicted octanol–water partition coefficient (Wildman–Crippen LogP) is 3.89. The van der Waals surface area contributed by atoms with E-state index in [0.717, 1.165) is 18.4 Å². The third-order valence-electron chi connectivity index (χ3n) is 4.53. The average molecular weight is 347 g/mol. The van der Waals surface area contributed by atoms with Crippen molar-refractivity contribution < 1.29 is 12.8 Å². The van der Waals surface area contributed by atoms with Crippen LogP contribution >= 0.6 is 0 Å². The first kappa shape index (κ1) is 17.1.